The topological polar surface area (TPSA) is 63.6 Å². The van der Waals surface area contributed by atoms with Crippen LogP contribution in [0, 0.1) is 0 Å². The SMILES string of the molecule is COc1ccc(C(=O)C(C)Br)c(CC(=O)O)c1. The maximum Gasteiger partial charge on any atom is 0.307 e. The maximum absolute atomic E-state index is 11.9. The molecule has 1 aromatic rings. The van der Waals surface area contributed by atoms with Crippen LogP contribution in [0.1, 0.15) is 22.8 Å². The summed E-state index contributed by atoms with van der Waals surface area (Å²) in [6.07, 6.45) is -0.196. The smallest absolute Gasteiger partial charge is 0.307 e. The molecule has 1 unspecified atom stereocenters. The largest absolute Gasteiger partial charge is 0.497 e. The highest BCUT2D eigenvalue weighted by Crippen LogP contribution is 2.21. The number of carboxylic acid groups (broad SMARTS) is 1. The van der Waals surface area contributed by atoms with Crippen LogP contribution in [0.25, 0.3) is 0 Å². The van der Waals surface area contributed by atoms with E-state index in [-0.39, 0.29) is 17.0 Å². The molecule has 0 saturated heterocycles. The number of benzene rings is 1. The third-order valence-corrected chi connectivity index (χ3v) is 2.70. The number of aliphatic carboxylic acids is 1. The van der Waals surface area contributed by atoms with E-state index >= 15 is 0 Å². The molecule has 0 spiro atoms. The minimum Gasteiger partial charge on any atom is -0.497 e. The van der Waals surface area contributed by atoms with Gasteiger partial charge < -0.3 is 9.84 Å². The van der Waals surface area contributed by atoms with Crippen LogP contribution in [0.3, 0.4) is 0 Å². The number of carbonyl (C=O) groups is 2. The highest BCUT2D eigenvalue weighted by molar-refractivity contribution is 9.10. The summed E-state index contributed by atoms with van der Waals surface area (Å²) in [5, 5.41) is 8.81. The monoisotopic (exact) mass is 300 g/mol. The first-order chi connectivity index (χ1) is 7.95. The number of alkyl halides is 1. The lowest BCUT2D eigenvalue weighted by Crippen LogP contribution is -2.14. The molecule has 4 nitrogen and oxygen atoms in total. The van der Waals surface area contributed by atoms with Crippen molar-refractivity contribution in [2.24, 2.45) is 0 Å². The van der Waals surface area contributed by atoms with E-state index in [4.69, 9.17) is 9.84 Å². The van der Waals surface area contributed by atoms with E-state index in [0.717, 1.165) is 0 Å². The van der Waals surface area contributed by atoms with Gasteiger partial charge in [0.25, 0.3) is 0 Å². The molecule has 1 aromatic carbocycles. The second-order valence-electron chi connectivity index (χ2n) is 3.57. The van der Waals surface area contributed by atoms with Crippen LogP contribution in [0.5, 0.6) is 5.75 Å². The quantitative estimate of drug-likeness (QED) is 0.669. The van der Waals surface area contributed by atoms with E-state index in [1.165, 1.54) is 7.11 Å². The molecule has 1 atom stereocenters. The molecule has 0 fully saturated rings. The fraction of sp³-hybridized carbons (Fsp3) is 0.333. The van der Waals surface area contributed by atoms with Crippen molar-refractivity contribution < 1.29 is 19.4 Å². The van der Waals surface area contributed by atoms with Crippen LogP contribution in [-0.4, -0.2) is 28.8 Å². The summed E-state index contributed by atoms with van der Waals surface area (Å²) in [6.45, 7) is 1.71. The van der Waals surface area contributed by atoms with Crippen molar-refractivity contribution in [3.05, 3.63) is 29.3 Å². The first-order valence-corrected chi connectivity index (χ1v) is 5.94. The Balaban J connectivity index is 3.19. The lowest BCUT2D eigenvalue weighted by atomic mass is 9.99. The van der Waals surface area contributed by atoms with E-state index in [2.05, 4.69) is 15.9 Å². The summed E-state index contributed by atoms with van der Waals surface area (Å²) in [4.78, 5) is 22.3. The van der Waals surface area contributed by atoms with Crippen molar-refractivity contribution in [1.29, 1.82) is 0 Å². The molecule has 0 aliphatic rings. The number of hydrogen-bond acceptors (Lipinski definition) is 3. The number of ether oxygens (including phenoxy) is 1. The number of ketones is 1. The number of Topliss-reactive ketones (excluding diaryl/α,β-unsaturated/α-hetero) is 1. The molecule has 0 aromatic heterocycles. The molecule has 1 rings (SSSR count). The van der Waals surface area contributed by atoms with E-state index in [1.54, 1.807) is 25.1 Å². The summed E-state index contributed by atoms with van der Waals surface area (Å²) < 4.78 is 5.02. The zero-order valence-corrected chi connectivity index (χ0v) is 11.2. The van der Waals surface area contributed by atoms with Crippen molar-refractivity contribution in [3.63, 3.8) is 0 Å². The van der Waals surface area contributed by atoms with E-state index in [9.17, 15) is 9.59 Å². The van der Waals surface area contributed by atoms with Crippen molar-refractivity contribution in [3.8, 4) is 5.75 Å². The van der Waals surface area contributed by atoms with Gasteiger partial charge in [-0.2, -0.15) is 0 Å². The van der Waals surface area contributed by atoms with Gasteiger partial charge in [-0.3, -0.25) is 9.59 Å². The lowest BCUT2D eigenvalue weighted by Gasteiger charge is -2.10. The highest BCUT2D eigenvalue weighted by Gasteiger charge is 2.18. The Bertz CT molecular complexity index is 440. The maximum atomic E-state index is 11.9. The predicted octanol–water partition coefficient (Wildman–Crippen LogP) is 2.29. The van der Waals surface area contributed by atoms with Crippen LogP contribution in [0.15, 0.2) is 18.2 Å². The lowest BCUT2D eigenvalue weighted by molar-refractivity contribution is -0.136. The normalized spacial score (nSPS) is 11.9. The number of carbonyl (C=O) groups excluding carboxylic acids is 1. The average molecular weight is 301 g/mol. The predicted molar refractivity (Wildman–Crippen MR) is 67.1 cm³/mol. The van der Waals surface area contributed by atoms with Crippen molar-refractivity contribution in [2.75, 3.05) is 7.11 Å². The standard InChI is InChI=1S/C12H13BrO4/c1-7(13)12(16)10-4-3-9(17-2)5-8(10)6-11(14)15/h3-5,7H,6H2,1-2H3,(H,14,15). The number of halogens is 1. The van der Waals surface area contributed by atoms with E-state index < -0.39 is 5.97 Å². The molecule has 0 amide bonds. The summed E-state index contributed by atoms with van der Waals surface area (Å²) in [5.41, 5.74) is 0.880. The van der Waals surface area contributed by atoms with Gasteiger partial charge in [-0.05, 0) is 30.7 Å². The zero-order chi connectivity index (χ0) is 13.0. The Morgan fingerprint density at radius 3 is 2.59 bits per heavy atom. The Morgan fingerprint density at radius 2 is 2.12 bits per heavy atom. The summed E-state index contributed by atoms with van der Waals surface area (Å²) in [5.74, 6) is -0.571. The Hall–Kier alpha value is -1.36. The fourth-order valence-corrected chi connectivity index (χ4v) is 1.71. The number of rotatable bonds is 5. The van der Waals surface area contributed by atoms with Gasteiger partial charge >= 0.3 is 5.97 Å². The molecule has 0 heterocycles. The molecule has 0 saturated carbocycles. The third-order valence-electron chi connectivity index (χ3n) is 2.28. The van der Waals surface area contributed by atoms with E-state index in [0.29, 0.717) is 16.9 Å². The minimum absolute atomic E-state index is 0.135. The van der Waals surface area contributed by atoms with Crippen LogP contribution in [0.4, 0.5) is 0 Å². The minimum atomic E-state index is -0.977. The van der Waals surface area contributed by atoms with Gasteiger partial charge in [0, 0.05) is 5.56 Å². The molecule has 0 radical (unpaired) electrons. The van der Waals surface area contributed by atoms with Gasteiger partial charge in [0.2, 0.25) is 0 Å². The Labute approximate surface area is 108 Å². The molecule has 0 aliphatic heterocycles. The average Bonchev–Trinajstić information content (AvgIpc) is 2.27. The molecule has 0 aliphatic carbocycles. The number of methoxy groups -OCH3 is 1. The van der Waals surface area contributed by atoms with Crippen LogP contribution < -0.4 is 4.74 Å². The molecule has 0 bridgehead atoms. The van der Waals surface area contributed by atoms with Crippen LogP contribution in [-0.2, 0) is 11.2 Å². The molecule has 5 heteroatoms. The zero-order valence-electron chi connectivity index (χ0n) is 9.57. The Morgan fingerprint density at radius 1 is 1.47 bits per heavy atom. The Kier molecular flexibility index (Phi) is 4.69. The first kappa shape index (κ1) is 13.7. The van der Waals surface area contributed by atoms with E-state index in [1.807, 2.05) is 0 Å². The molecule has 92 valence electrons. The number of carboxylic acids is 1. The van der Waals surface area contributed by atoms with Gasteiger partial charge in [-0.1, -0.05) is 15.9 Å². The van der Waals surface area contributed by atoms with Gasteiger partial charge in [0.1, 0.15) is 5.75 Å². The van der Waals surface area contributed by atoms with Gasteiger partial charge in [0.05, 0.1) is 18.4 Å². The molecular weight excluding hydrogens is 288 g/mol. The van der Waals surface area contributed by atoms with Gasteiger partial charge in [0.15, 0.2) is 5.78 Å². The molecule has 17 heavy (non-hydrogen) atoms. The van der Waals surface area contributed by atoms with Crippen molar-refractivity contribution in [2.45, 2.75) is 18.2 Å². The fourth-order valence-electron chi connectivity index (χ4n) is 1.46. The first-order valence-electron chi connectivity index (χ1n) is 5.02. The van der Waals surface area contributed by atoms with Crippen molar-refractivity contribution >= 4 is 27.7 Å². The molecular formula is C12H13BrO4. The molecule has 1 N–H and O–H groups in total. The highest BCUT2D eigenvalue weighted by atomic mass is 79.9. The van der Waals surface area contributed by atoms with Gasteiger partial charge in [-0.25, -0.2) is 0 Å². The van der Waals surface area contributed by atoms with Crippen molar-refractivity contribution in [1.82, 2.24) is 0 Å². The second-order valence-corrected chi connectivity index (χ2v) is 4.95. The van der Waals surface area contributed by atoms with Gasteiger partial charge in [-0.15, -0.1) is 0 Å². The number of hydrogen-bond donors (Lipinski definition) is 1. The summed E-state index contributed by atoms with van der Waals surface area (Å²) in [7, 11) is 1.49. The summed E-state index contributed by atoms with van der Waals surface area (Å²) in [6, 6.07) is 4.82. The second kappa shape index (κ2) is 5.82. The van der Waals surface area contributed by atoms with Crippen LogP contribution in [0.2, 0.25) is 0 Å². The third kappa shape index (κ3) is 3.56. The summed E-state index contributed by atoms with van der Waals surface area (Å²) >= 11 is 3.18. The van der Waals surface area contributed by atoms with Crippen LogP contribution >= 0.6 is 15.9 Å².